The molecular weight excluding hydrogens is 181 g/mol. The highest BCUT2D eigenvalue weighted by Gasteiger charge is 2.04. The Bertz CT molecular complexity index is 286. The van der Waals surface area contributed by atoms with Crippen LogP contribution in [0.4, 0.5) is 13.2 Å². The molecule has 0 spiro atoms. The van der Waals surface area contributed by atoms with Gasteiger partial charge in [0.2, 0.25) is 0 Å². The van der Waals surface area contributed by atoms with Gasteiger partial charge in [0.05, 0.1) is 0 Å². The zero-order valence-electron chi connectivity index (χ0n) is 7.06. The van der Waals surface area contributed by atoms with Crippen molar-refractivity contribution in [2.24, 2.45) is 0 Å². The van der Waals surface area contributed by atoms with Gasteiger partial charge in [-0.1, -0.05) is 0 Å². The Labute approximate surface area is 74.1 Å². The minimum Gasteiger partial charge on any atom is -0.488 e. The van der Waals surface area contributed by atoms with Crippen molar-refractivity contribution in [2.45, 2.75) is 13.3 Å². The predicted molar refractivity (Wildman–Crippen MR) is 42.6 cm³/mol. The van der Waals surface area contributed by atoms with Crippen molar-refractivity contribution < 1.29 is 17.9 Å². The second kappa shape index (κ2) is 4.16. The fraction of sp³-hybridized carbons (Fsp3) is 0.333. The smallest absolute Gasteiger partial charge is 0.272 e. The summed E-state index contributed by atoms with van der Waals surface area (Å²) < 4.78 is 40.8. The monoisotopic (exact) mass is 190 g/mol. The summed E-state index contributed by atoms with van der Waals surface area (Å²) in [6.45, 7) is 0.885. The molecule has 72 valence electrons. The van der Waals surface area contributed by atoms with E-state index in [-0.39, 0.29) is 11.6 Å². The second-order valence-corrected chi connectivity index (χ2v) is 2.61. The van der Waals surface area contributed by atoms with Crippen molar-refractivity contribution >= 4 is 0 Å². The molecule has 1 nitrogen and oxygen atoms in total. The quantitative estimate of drug-likeness (QED) is 0.712. The van der Waals surface area contributed by atoms with E-state index >= 15 is 0 Å². The number of alkyl halides is 2. The van der Waals surface area contributed by atoms with E-state index in [2.05, 4.69) is 4.74 Å². The maximum atomic E-state index is 12.7. The Balaban J connectivity index is 2.63. The van der Waals surface area contributed by atoms with Gasteiger partial charge in [-0.05, 0) is 30.7 Å². The lowest BCUT2D eigenvalue weighted by Crippen LogP contribution is -2.07. The first-order valence-corrected chi connectivity index (χ1v) is 3.76. The number of hydrogen-bond acceptors (Lipinski definition) is 1. The molecule has 0 amide bonds. The summed E-state index contributed by atoms with van der Waals surface area (Å²) in [5.41, 5.74) is 0.381. The minimum atomic E-state index is -2.51. The topological polar surface area (TPSA) is 9.23 Å². The van der Waals surface area contributed by atoms with Gasteiger partial charge in [-0.25, -0.2) is 13.2 Å². The number of benzene rings is 1. The van der Waals surface area contributed by atoms with E-state index in [0.29, 0.717) is 5.56 Å². The fourth-order valence-corrected chi connectivity index (χ4v) is 0.866. The normalized spacial score (nSPS) is 10.5. The van der Waals surface area contributed by atoms with Crippen molar-refractivity contribution in [1.29, 1.82) is 0 Å². The van der Waals surface area contributed by atoms with Crippen LogP contribution in [-0.2, 0) is 0 Å². The molecule has 0 aliphatic rings. The number of hydrogen-bond donors (Lipinski definition) is 0. The lowest BCUT2D eigenvalue weighted by Gasteiger charge is -2.05. The molecule has 0 N–H and O–H groups in total. The summed E-state index contributed by atoms with van der Waals surface area (Å²) in [5, 5.41) is 0. The lowest BCUT2D eigenvalue weighted by atomic mass is 10.2. The van der Waals surface area contributed by atoms with Crippen LogP contribution in [0.2, 0.25) is 0 Å². The molecule has 0 aliphatic heterocycles. The van der Waals surface area contributed by atoms with E-state index in [4.69, 9.17) is 0 Å². The van der Waals surface area contributed by atoms with Gasteiger partial charge >= 0.3 is 0 Å². The number of aryl methyl sites for hydroxylation is 1. The van der Waals surface area contributed by atoms with Gasteiger partial charge in [0.1, 0.15) is 18.2 Å². The molecular formula is C9H9F3O. The van der Waals surface area contributed by atoms with E-state index in [1.165, 1.54) is 18.2 Å². The van der Waals surface area contributed by atoms with Crippen molar-refractivity contribution in [3.8, 4) is 5.75 Å². The van der Waals surface area contributed by atoms with Crippen LogP contribution in [0.1, 0.15) is 5.56 Å². The molecule has 1 aromatic rings. The predicted octanol–water partition coefficient (Wildman–Crippen LogP) is 2.78. The van der Waals surface area contributed by atoms with Gasteiger partial charge in [-0.3, -0.25) is 0 Å². The summed E-state index contributed by atoms with van der Waals surface area (Å²) >= 11 is 0. The Hall–Kier alpha value is -1.19. The van der Waals surface area contributed by atoms with Gasteiger partial charge in [0.15, 0.2) is 0 Å². The third-order valence-electron chi connectivity index (χ3n) is 1.51. The summed E-state index contributed by atoms with van der Waals surface area (Å²) in [4.78, 5) is 0. The average molecular weight is 190 g/mol. The third kappa shape index (κ3) is 2.97. The number of rotatable bonds is 3. The molecule has 0 fully saturated rings. The van der Waals surface area contributed by atoms with Crippen molar-refractivity contribution in [3.63, 3.8) is 0 Å². The van der Waals surface area contributed by atoms with Crippen molar-refractivity contribution in [2.75, 3.05) is 6.61 Å². The molecule has 0 heterocycles. The molecule has 0 atom stereocenters. The van der Waals surface area contributed by atoms with Crippen LogP contribution in [0.25, 0.3) is 0 Å². The van der Waals surface area contributed by atoms with Crippen LogP contribution < -0.4 is 4.74 Å². The Morgan fingerprint density at radius 3 is 2.62 bits per heavy atom. The summed E-state index contributed by atoms with van der Waals surface area (Å²) in [5.74, 6) is -0.108. The molecule has 13 heavy (non-hydrogen) atoms. The summed E-state index contributed by atoms with van der Waals surface area (Å²) in [6, 6.07) is 3.90. The molecule has 0 aliphatic carbocycles. The fourth-order valence-electron chi connectivity index (χ4n) is 0.866. The summed E-state index contributed by atoms with van der Waals surface area (Å²) in [7, 11) is 0. The molecule has 4 heteroatoms. The zero-order chi connectivity index (χ0) is 9.84. The lowest BCUT2D eigenvalue weighted by molar-refractivity contribution is 0.0818. The third-order valence-corrected chi connectivity index (χ3v) is 1.51. The van der Waals surface area contributed by atoms with E-state index in [1.54, 1.807) is 6.92 Å². The Morgan fingerprint density at radius 2 is 2.08 bits per heavy atom. The Morgan fingerprint density at radius 1 is 1.38 bits per heavy atom. The minimum absolute atomic E-state index is 0.263. The highest BCUT2D eigenvalue weighted by molar-refractivity contribution is 5.28. The maximum Gasteiger partial charge on any atom is 0.272 e. The van der Waals surface area contributed by atoms with Crippen LogP contribution in [0.5, 0.6) is 5.75 Å². The van der Waals surface area contributed by atoms with Crippen LogP contribution >= 0.6 is 0 Å². The van der Waals surface area contributed by atoms with Gasteiger partial charge in [0, 0.05) is 0 Å². The van der Waals surface area contributed by atoms with Crippen molar-refractivity contribution in [3.05, 3.63) is 29.6 Å². The van der Waals surface area contributed by atoms with E-state index in [0.717, 1.165) is 0 Å². The first-order valence-electron chi connectivity index (χ1n) is 3.76. The van der Waals surface area contributed by atoms with Crippen LogP contribution in [0.3, 0.4) is 0 Å². The molecule has 0 saturated carbocycles. The largest absolute Gasteiger partial charge is 0.488 e. The average Bonchev–Trinajstić information content (AvgIpc) is 2.07. The highest BCUT2D eigenvalue weighted by Crippen LogP contribution is 2.16. The van der Waals surface area contributed by atoms with Crippen molar-refractivity contribution in [1.82, 2.24) is 0 Å². The summed E-state index contributed by atoms with van der Waals surface area (Å²) in [6.07, 6.45) is -2.51. The standard InChI is InChI=1S/C9H9F3O/c1-6-4-7(2-3-8(6)10)13-5-9(11)12/h2-4,9H,5H2,1H3. The zero-order valence-corrected chi connectivity index (χ0v) is 7.06. The highest BCUT2D eigenvalue weighted by atomic mass is 19.3. The molecule has 0 bridgehead atoms. The molecule has 0 saturated heterocycles. The van der Waals surface area contributed by atoms with Crippen LogP contribution in [0.15, 0.2) is 18.2 Å². The number of ether oxygens (including phenoxy) is 1. The molecule has 0 unspecified atom stereocenters. The first kappa shape index (κ1) is 9.89. The Kier molecular flexibility index (Phi) is 3.17. The van der Waals surface area contributed by atoms with Gasteiger partial charge in [0.25, 0.3) is 6.43 Å². The van der Waals surface area contributed by atoms with Crippen LogP contribution in [-0.4, -0.2) is 13.0 Å². The number of halogens is 3. The first-order chi connectivity index (χ1) is 6.09. The van der Waals surface area contributed by atoms with Gasteiger partial charge in [-0.2, -0.15) is 0 Å². The van der Waals surface area contributed by atoms with E-state index in [1.807, 2.05) is 0 Å². The second-order valence-electron chi connectivity index (χ2n) is 2.61. The SMILES string of the molecule is Cc1cc(OCC(F)F)ccc1F. The molecule has 1 aromatic carbocycles. The molecule has 1 rings (SSSR count). The molecule has 0 aromatic heterocycles. The van der Waals surface area contributed by atoms with E-state index in [9.17, 15) is 13.2 Å². The van der Waals surface area contributed by atoms with Gasteiger partial charge in [-0.15, -0.1) is 0 Å². The maximum absolute atomic E-state index is 12.7. The molecule has 0 radical (unpaired) electrons. The van der Waals surface area contributed by atoms with Crippen LogP contribution in [0, 0.1) is 12.7 Å². The van der Waals surface area contributed by atoms with Gasteiger partial charge < -0.3 is 4.74 Å². The van der Waals surface area contributed by atoms with E-state index < -0.39 is 13.0 Å².